The molecule has 0 unspecified atom stereocenters. The molecule has 1 amide bonds. The van der Waals surface area contributed by atoms with Crippen molar-refractivity contribution in [2.75, 3.05) is 6.61 Å². The van der Waals surface area contributed by atoms with Gasteiger partial charge in [0, 0.05) is 23.7 Å². The van der Waals surface area contributed by atoms with E-state index in [9.17, 15) is 4.79 Å². The lowest BCUT2D eigenvalue weighted by Gasteiger charge is -2.14. The van der Waals surface area contributed by atoms with E-state index in [0.29, 0.717) is 30.3 Å². The second-order valence-corrected chi connectivity index (χ2v) is 6.12. The van der Waals surface area contributed by atoms with Crippen LogP contribution in [0.2, 0.25) is 5.02 Å². The van der Waals surface area contributed by atoms with Crippen molar-refractivity contribution in [2.24, 2.45) is 0 Å². The van der Waals surface area contributed by atoms with Crippen LogP contribution in [0.3, 0.4) is 0 Å². The summed E-state index contributed by atoms with van der Waals surface area (Å²) in [6, 6.07) is 13.1. The molecule has 3 aromatic rings. The number of fused-ring (bicyclic) bond motifs is 3. The third-order valence-electron chi connectivity index (χ3n) is 4.18. The second kappa shape index (κ2) is 6.26. The quantitative estimate of drug-likeness (QED) is 0.796. The number of rotatable bonds is 3. The summed E-state index contributed by atoms with van der Waals surface area (Å²) < 4.78 is 7.57. The number of halogens is 1. The SMILES string of the molecule is O=C(NCc1ccccc1Cl)c1ccc2c(c1)nc1n2CCOC1. The molecule has 1 N–H and O–H groups in total. The van der Waals surface area contributed by atoms with E-state index in [-0.39, 0.29) is 5.91 Å². The van der Waals surface area contributed by atoms with Crippen LogP contribution in [0.25, 0.3) is 11.0 Å². The van der Waals surface area contributed by atoms with Crippen LogP contribution in [0.5, 0.6) is 0 Å². The van der Waals surface area contributed by atoms with Crippen LogP contribution >= 0.6 is 11.6 Å². The highest BCUT2D eigenvalue weighted by atomic mass is 35.5. The number of nitrogens with zero attached hydrogens (tertiary/aromatic N) is 2. The molecule has 24 heavy (non-hydrogen) atoms. The van der Waals surface area contributed by atoms with Gasteiger partial charge in [0.2, 0.25) is 0 Å². The molecule has 0 aliphatic carbocycles. The topological polar surface area (TPSA) is 56.2 Å². The summed E-state index contributed by atoms with van der Waals surface area (Å²) >= 11 is 6.11. The lowest BCUT2D eigenvalue weighted by molar-refractivity contribution is 0.0830. The van der Waals surface area contributed by atoms with Crippen molar-refractivity contribution < 1.29 is 9.53 Å². The lowest BCUT2D eigenvalue weighted by atomic mass is 10.1. The first-order valence-electron chi connectivity index (χ1n) is 7.81. The van der Waals surface area contributed by atoms with Crippen LogP contribution in [0, 0.1) is 0 Å². The smallest absolute Gasteiger partial charge is 0.251 e. The number of benzene rings is 2. The minimum atomic E-state index is -0.140. The summed E-state index contributed by atoms with van der Waals surface area (Å²) in [5, 5.41) is 3.55. The zero-order chi connectivity index (χ0) is 16.5. The van der Waals surface area contributed by atoms with Gasteiger partial charge in [0.15, 0.2) is 0 Å². The van der Waals surface area contributed by atoms with Gasteiger partial charge in [0.05, 0.1) is 17.6 Å². The molecule has 4 rings (SSSR count). The fraction of sp³-hybridized carbons (Fsp3) is 0.222. The molecule has 122 valence electrons. The Morgan fingerprint density at radius 2 is 2.17 bits per heavy atom. The number of imidazole rings is 1. The molecule has 1 aliphatic rings. The van der Waals surface area contributed by atoms with Gasteiger partial charge in [-0.3, -0.25) is 4.79 Å². The Morgan fingerprint density at radius 1 is 1.29 bits per heavy atom. The van der Waals surface area contributed by atoms with Crippen molar-refractivity contribution in [3.05, 3.63) is 64.4 Å². The third-order valence-corrected chi connectivity index (χ3v) is 4.55. The maximum Gasteiger partial charge on any atom is 0.251 e. The summed E-state index contributed by atoms with van der Waals surface area (Å²) in [6.07, 6.45) is 0. The number of nitrogens with one attached hydrogen (secondary N) is 1. The van der Waals surface area contributed by atoms with Gasteiger partial charge < -0.3 is 14.6 Å². The van der Waals surface area contributed by atoms with E-state index in [1.54, 1.807) is 0 Å². The van der Waals surface area contributed by atoms with Gasteiger partial charge in [-0.05, 0) is 29.8 Å². The third kappa shape index (κ3) is 2.77. The van der Waals surface area contributed by atoms with Crippen LogP contribution in [0.4, 0.5) is 0 Å². The van der Waals surface area contributed by atoms with E-state index in [0.717, 1.165) is 29.0 Å². The molecule has 2 aromatic carbocycles. The number of aromatic nitrogens is 2. The molecule has 0 bridgehead atoms. The van der Waals surface area contributed by atoms with E-state index in [2.05, 4.69) is 14.9 Å². The second-order valence-electron chi connectivity index (χ2n) is 5.71. The summed E-state index contributed by atoms with van der Waals surface area (Å²) in [5.41, 5.74) is 3.34. The summed E-state index contributed by atoms with van der Waals surface area (Å²) in [6.45, 7) is 2.40. The van der Waals surface area contributed by atoms with Gasteiger partial charge in [-0.2, -0.15) is 0 Å². The Balaban J connectivity index is 1.55. The standard InChI is InChI=1S/C18H16ClN3O2/c19-14-4-2-1-3-13(14)10-20-18(23)12-5-6-16-15(9-12)21-17-11-24-8-7-22(16)17/h1-6,9H,7-8,10-11H2,(H,20,23). The van der Waals surface area contributed by atoms with Crippen molar-refractivity contribution in [1.82, 2.24) is 14.9 Å². The van der Waals surface area contributed by atoms with Crippen LogP contribution in [0.15, 0.2) is 42.5 Å². The fourth-order valence-corrected chi connectivity index (χ4v) is 3.12. The zero-order valence-corrected chi connectivity index (χ0v) is 13.7. The molecule has 5 nitrogen and oxygen atoms in total. The van der Waals surface area contributed by atoms with Gasteiger partial charge in [0.25, 0.3) is 5.91 Å². The van der Waals surface area contributed by atoms with Gasteiger partial charge in [-0.1, -0.05) is 29.8 Å². The van der Waals surface area contributed by atoms with Crippen molar-refractivity contribution in [3.63, 3.8) is 0 Å². The monoisotopic (exact) mass is 341 g/mol. The minimum Gasteiger partial charge on any atom is -0.372 e. The first-order chi connectivity index (χ1) is 11.7. The molecule has 1 aromatic heterocycles. The Hall–Kier alpha value is -2.37. The molecule has 2 heterocycles. The molecule has 0 atom stereocenters. The Kier molecular flexibility index (Phi) is 3.96. The summed E-state index contributed by atoms with van der Waals surface area (Å²) in [7, 11) is 0. The number of carbonyl (C=O) groups is 1. The van der Waals surface area contributed by atoms with Crippen LogP contribution in [-0.4, -0.2) is 22.1 Å². The van der Waals surface area contributed by atoms with E-state index in [4.69, 9.17) is 16.3 Å². The average Bonchev–Trinajstić information content (AvgIpc) is 2.98. The maximum absolute atomic E-state index is 12.4. The Bertz CT molecular complexity index is 920. The Morgan fingerprint density at radius 3 is 3.04 bits per heavy atom. The van der Waals surface area contributed by atoms with E-state index < -0.39 is 0 Å². The maximum atomic E-state index is 12.4. The molecule has 0 spiro atoms. The van der Waals surface area contributed by atoms with Crippen LogP contribution < -0.4 is 5.32 Å². The molecular formula is C18H16ClN3O2. The van der Waals surface area contributed by atoms with Crippen LogP contribution in [0.1, 0.15) is 21.7 Å². The predicted molar refractivity (Wildman–Crippen MR) is 92.0 cm³/mol. The summed E-state index contributed by atoms with van der Waals surface area (Å²) in [4.78, 5) is 17.0. The number of amides is 1. The summed E-state index contributed by atoms with van der Waals surface area (Å²) in [5.74, 6) is 0.768. The van der Waals surface area contributed by atoms with Crippen molar-refractivity contribution >= 4 is 28.5 Å². The van der Waals surface area contributed by atoms with E-state index in [1.807, 2.05) is 42.5 Å². The number of hydrogen-bond acceptors (Lipinski definition) is 3. The largest absolute Gasteiger partial charge is 0.372 e. The molecule has 0 fully saturated rings. The molecule has 0 saturated carbocycles. The Labute approximate surface area is 144 Å². The van der Waals surface area contributed by atoms with Gasteiger partial charge in [-0.15, -0.1) is 0 Å². The predicted octanol–water partition coefficient (Wildman–Crippen LogP) is 3.15. The normalized spacial score (nSPS) is 13.7. The first kappa shape index (κ1) is 15.2. The van der Waals surface area contributed by atoms with E-state index in [1.165, 1.54) is 0 Å². The molecular weight excluding hydrogens is 326 g/mol. The highest BCUT2D eigenvalue weighted by molar-refractivity contribution is 6.31. The van der Waals surface area contributed by atoms with Gasteiger partial charge >= 0.3 is 0 Å². The van der Waals surface area contributed by atoms with Crippen molar-refractivity contribution in [1.29, 1.82) is 0 Å². The van der Waals surface area contributed by atoms with Gasteiger partial charge in [0.1, 0.15) is 12.4 Å². The lowest BCUT2D eigenvalue weighted by Crippen LogP contribution is -2.22. The first-order valence-corrected chi connectivity index (χ1v) is 8.19. The molecule has 0 saturated heterocycles. The number of carbonyl (C=O) groups excluding carboxylic acids is 1. The fourth-order valence-electron chi connectivity index (χ4n) is 2.92. The highest BCUT2D eigenvalue weighted by Crippen LogP contribution is 2.21. The number of hydrogen-bond donors (Lipinski definition) is 1. The molecule has 0 radical (unpaired) electrons. The van der Waals surface area contributed by atoms with Crippen molar-refractivity contribution in [3.8, 4) is 0 Å². The van der Waals surface area contributed by atoms with Crippen molar-refractivity contribution in [2.45, 2.75) is 19.7 Å². The molecule has 1 aliphatic heterocycles. The van der Waals surface area contributed by atoms with E-state index >= 15 is 0 Å². The zero-order valence-electron chi connectivity index (χ0n) is 13.0. The molecule has 6 heteroatoms. The number of ether oxygens (including phenoxy) is 1. The van der Waals surface area contributed by atoms with Gasteiger partial charge in [-0.25, -0.2) is 4.98 Å². The average molecular weight is 342 g/mol. The highest BCUT2D eigenvalue weighted by Gasteiger charge is 2.16. The minimum absolute atomic E-state index is 0.140. The van der Waals surface area contributed by atoms with Crippen LogP contribution in [-0.2, 0) is 24.4 Å².